The maximum absolute atomic E-state index is 14.2. The number of halogens is 8. The molecule has 0 fully saturated rings. The van der Waals surface area contributed by atoms with Crippen molar-refractivity contribution in [1.29, 1.82) is 0 Å². The molecule has 0 aliphatic heterocycles. The Hall–Kier alpha value is -3.52. The molecule has 0 aliphatic rings. The van der Waals surface area contributed by atoms with Gasteiger partial charge in [-0.05, 0) is 48.5 Å². The Morgan fingerprint density at radius 1 is 0.545 bits per heavy atom. The summed E-state index contributed by atoms with van der Waals surface area (Å²) in [6.07, 6.45) is 3.28. The van der Waals surface area contributed by atoms with Gasteiger partial charge in [-0.15, -0.1) is 5.11 Å². The minimum atomic E-state index is -0.323. The van der Waals surface area contributed by atoms with Gasteiger partial charge in [-0.3, -0.25) is 0 Å². The molecule has 0 bridgehead atoms. The van der Waals surface area contributed by atoms with E-state index in [1.165, 1.54) is 12.1 Å². The molecule has 3 aromatic carbocycles. The molecule has 0 atom stereocenters. The number of hydrogen-bond acceptors (Lipinski definition) is 15. The minimum absolute atomic E-state index is 0.0675. The molecular formula is C40H33F2I6N17V-. The van der Waals surface area contributed by atoms with E-state index in [-0.39, 0.29) is 75.9 Å². The third-order valence-corrected chi connectivity index (χ3v) is 8.96. The number of nitrogens with zero attached hydrogens (tertiary/aromatic N) is 12. The molecule has 0 spiro atoms. The van der Waals surface area contributed by atoms with Crippen LogP contribution in [-0.2, 0) is 18.0 Å². The van der Waals surface area contributed by atoms with E-state index >= 15 is 0 Å². The molecular weight excluding hydrogens is 1570 g/mol. The average Bonchev–Trinajstić information content (AvgIpc) is 3.85. The van der Waals surface area contributed by atoms with Gasteiger partial charge in [0.2, 0.25) is 0 Å². The molecule has 0 radical (unpaired) electrons. The zero-order chi connectivity index (χ0) is 47.3. The Morgan fingerprint density at radius 3 is 1.36 bits per heavy atom. The van der Waals surface area contributed by atoms with Crippen LogP contribution in [-0.4, -0.2) is 49.5 Å². The van der Waals surface area contributed by atoms with Gasteiger partial charge < -0.3 is 28.7 Å². The van der Waals surface area contributed by atoms with E-state index in [1.54, 1.807) is 82.4 Å². The number of rotatable bonds is 8. The van der Waals surface area contributed by atoms with Crippen molar-refractivity contribution in [3.8, 4) is 23.0 Å². The van der Waals surface area contributed by atoms with Crippen molar-refractivity contribution < 1.29 is 27.0 Å². The van der Waals surface area contributed by atoms with Gasteiger partial charge in [0.1, 0.15) is 28.7 Å². The predicted octanol–water partition coefficient (Wildman–Crippen LogP) is 7.91. The topological polar surface area (TPSA) is 268 Å². The zero-order valence-electron chi connectivity index (χ0n) is 33.6. The van der Waals surface area contributed by atoms with E-state index in [4.69, 9.17) is 28.7 Å². The summed E-state index contributed by atoms with van der Waals surface area (Å²) in [5, 5.41) is 18.7. The number of benzene rings is 3. The van der Waals surface area contributed by atoms with Gasteiger partial charge in [0.05, 0.1) is 29.5 Å². The summed E-state index contributed by atoms with van der Waals surface area (Å²) >= 11 is 12.7. The first-order valence-corrected chi connectivity index (χ1v) is 44.7. The Morgan fingerprint density at radius 2 is 0.939 bits per heavy atom. The van der Waals surface area contributed by atoms with Crippen LogP contribution < -0.4 is 41.9 Å². The Kier molecular flexibility index (Phi) is 19.8. The van der Waals surface area contributed by atoms with E-state index < -0.39 is 0 Å². The van der Waals surface area contributed by atoms with Gasteiger partial charge in [-0.25, -0.2) is 48.0 Å². The van der Waals surface area contributed by atoms with Crippen LogP contribution in [0.3, 0.4) is 0 Å². The third kappa shape index (κ3) is 13.6. The first-order valence-electron chi connectivity index (χ1n) is 18.6. The Balaban J connectivity index is 0.000000195. The van der Waals surface area contributed by atoms with Crippen LogP contribution in [0.4, 0.5) is 49.1 Å². The van der Waals surface area contributed by atoms with Crippen molar-refractivity contribution in [2.75, 3.05) is 28.7 Å². The van der Waals surface area contributed by atoms with Crippen molar-refractivity contribution in [2.24, 2.45) is 10.2 Å². The molecule has 340 valence electrons. The van der Waals surface area contributed by atoms with Crippen LogP contribution in [0.15, 0.2) is 126 Å². The molecule has 0 saturated carbocycles. The van der Waals surface area contributed by atoms with Gasteiger partial charge in [0, 0.05) is 23.5 Å². The summed E-state index contributed by atoms with van der Waals surface area (Å²) in [5.74, 6) is 0.105. The van der Waals surface area contributed by atoms with Crippen molar-refractivity contribution in [2.45, 2.75) is 13.1 Å². The van der Waals surface area contributed by atoms with Crippen LogP contribution in [0.2, 0.25) is 0 Å². The van der Waals surface area contributed by atoms with Crippen LogP contribution in [0.5, 0.6) is 0 Å². The monoisotopic (exact) mass is 1600 g/mol. The number of anilines is 5. The molecule has 0 amide bonds. The van der Waals surface area contributed by atoms with E-state index in [1.807, 2.05) is 30.3 Å². The van der Waals surface area contributed by atoms with Gasteiger partial charge >= 0.3 is 115 Å². The van der Waals surface area contributed by atoms with Gasteiger partial charge in [0.15, 0.2) is 51.9 Å². The molecule has 9 rings (SSSR count). The number of nitrogens with two attached hydrogens (primary N) is 5. The summed E-state index contributed by atoms with van der Waals surface area (Å²) in [6, 6.07) is 29.4. The molecule has 0 saturated heterocycles. The number of pyridine rings is 2. The number of aromatic nitrogens is 10. The van der Waals surface area contributed by atoms with Crippen molar-refractivity contribution in [1.82, 2.24) is 49.5 Å². The second kappa shape index (κ2) is 25.2. The van der Waals surface area contributed by atoms with E-state index in [2.05, 4.69) is 147 Å². The van der Waals surface area contributed by atoms with E-state index in [0.717, 1.165) is 0 Å². The quantitative estimate of drug-likeness (QED) is 0.0716. The predicted molar refractivity (Wildman–Crippen MR) is 291 cm³/mol. The van der Waals surface area contributed by atoms with E-state index in [0.29, 0.717) is 63.5 Å². The fourth-order valence-electron chi connectivity index (χ4n) is 6.06. The fourth-order valence-corrected chi connectivity index (χ4v) is 6.06. The fraction of sp³-hybridized carbons (Fsp3) is 0.0500. The maximum atomic E-state index is 14.2. The molecule has 0 aliphatic carbocycles. The third-order valence-electron chi connectivity index (χ3n) is 8.96. The molecule has 26 heteroatoms. The normalized spacial score (nSPS) is 11.0. The van der Waals surface area contributed by atoms with Gasteiger partial charge in [-0.2, -0.15) is 15.3 Å². The van der Waals surface area contributed by atoms with Crippen LogP contribution in [0.1, 0.15) is 11.1 Å². The average molecular weight is 1600 g/mol. The van der Waals surface area contributed by atoms with Crippen LogP contribution in [0.25, 0.3) is 45.1 Å². The number of fused-ring (bicyclic) bond motifs is 2. The standard InChI is InChI=1S/C23H18FN9.C17H15FN8.I3.3HI.V/c24-17-11-5-4-7-14(17)13-33-23-16(10-6-12-27-23)18(32-33)22-28-20(25)19(21(26)29-22)31-30-15-8-2-1-3-9-15;18-11-6-2-1-4-9(11)8-26-17-10(5-3-7-22-17)13(25-26)16-23-14(20)12(19)15(21)24-16;1-3-2;;;;/h1-12H,13H2,(H4,25,26,28,29);1-7H,8,19H2,(H4,20,21,23,24);;3*1H;/q;;-1;;;;+3/p-3. The first kappa shape index (κ1) is 51.9. The first-order chi connectivity index (χ1) is 31.8. The Bertz CT molecular complexity index is 3060. The van der Waals surface area contributed by atoms with Crippen LogP contribution >= 0.6 is 97.2 Å². The summed E-state index contributed by atoms with van der Waals surface area (Å²) in [5.41, 5.74) is 33.5. The molecule has 6 heterocycles. The number of azo groups is 1. The summed E-state index contributed by atoms with van der Waals surface area (Å²) in [4.78, 5) is 25.5. The number of nitrogen functional groups attached to an aromatic ring is 5. The second-order valence-electron chi connectivity index (χ2n) is 13.1. The van der Waals surface area contributed by atoms with E-state index in [9.17, 15) is 8.78 Å². The van der Waals surface area contributed by atoms with Crippen LogP contribution in [0, 0.1) is 11.6 Å². The molecule has 66 heavy (non-hydrogen) atoms. The summed E-state index contributed by atoms with van der Waals surface area (Å²) in [7, 11) is 0. The second-order valence-corrected chi connectivity index (χ2v) is 64.7. The summed E-state index contributed by atoms with van der Waals surface area (Å²) in [6.45, 7) is 0.397. The molecule has 9 aromatic rings. The zero-order valence-corrected chi connectivity index (χ0v) is 47.9. The summed E-state index contributed by atoms with van der Waals surface area (Å²) < 4.78 is 31.4. The Labute approximate surface area is 443 Å². The molecule has 17 nitrogen and oxygen atoms in total. The SMILES string of the molecule is I[I-]I.Nc1nc(-c2nn(Cc3ccccc3F)c3ncccc23)nc(N)c1N.Nc1nc(-c2nn(Cc3ccccc3F)c3ncccc23)nc(N)c1N=Nc1ccccc1.[I][V]([I])[I]. The van der Waals surface area contributed by atoms with Gasteiger partial charge in [-0.1, -0.05) is 54.6 Å². The molecule has 0 unspecified atom stereocenters. The molecule has 10 N–H and O–H groups in total. The van der Waals surface area contributed by atoms with Crippen molar-refractivity contribution >= 4 is 160 Å². The van der Waals surface area contributed by atoms with Gasteiger partial charge in [0.25, 0.3) is 0 Å². The number of hydrogen-bond donors (Lipinski definition) is 5. The van der Waals surface area contributed by atoms with Crippen molar-refractivity contribution in [3.63, 3.8) is 0 Å². The van der Waals surface area contributed by atoms with Crippen molar-refractivity contribution in [3.05, 3.63) is 138 Å². The molecule has 6 aromatic heterocycles.